The van der Waals surface area contributed by atoms with Crippen molar-refractivity contribution in [3.8, 4) is 0 Å². The Morgan fingerprint density at radius 1 is 1.30 bits per heavy atom. The van der Waals surface area contributed by atoms with Crippen LogP contribution in [0.5, 0.6) is 0 Å². The van der Waals surface area contributed by atoms with Crippen molar-refractivity contribution in [2.45, 2.75) is 38.6 Å². The first-order valence-corrected chi connectivity index (χ1v) is 8.36. The van der Waals surface area contributed by atoms with Gasteiger partial charge in [0.2, 0.25) is 11.8 Å². The van der Waals surface area contributed by atoms with Crippen molar-refractivity contribution in [1.82, 2.24) is 10.2 Å². The fraction of sp³-hybridized carbons (Fsp3) is 0.556. The van der Waals surface area contributed by atoms with Gasteiger partial charge in [0.1, 0.15) is 6.04 Å². The molecule has 0 aromatic heterocycles. The van der Waals surface area contributed by atoms with Gasteiger partial charge in [-0.25, -0.2) is 0 Å². The Morgan fingerprint density at radius 2 is 2.04 bits per heavy atom. The molecular weight excluding hydrogens is 292 g/mol. The van der Waals surface area contributed by atoms with Crippen molar-refractivity contribution in [3.63, 3.8) is 0 Å². The second-order valence-corrected chi connectivity index (χ2v) is 6.22. The molecule has 0 saturated carbocycles. The van der Waals surface area contributed by atoms with Gasteiger partial charge >= 0.3 is 0 Å². The van der Waals surface area contributed by atoms with Crippen LogP contribution in [0.4, 0.5) is 0 Å². The smallest absolute Gasteiger partial charge is 0.247 e. The number of hydrogen-bond acceptors (Lipinski definition) is 3. The molecule has 0 radical (unpaired) electrons. The van der Waals surface area contributed by atoms with Crippen molar-refractivity contribution in [2.75, 3.05) is 19.7 Å². The van der Waals surface area contributed by atoms with Gasteiger partial charge in [0.25, 0.3) is 0 Å². The summed E-state index contributed by atoms with van der Waals surface area (Å²) in [6, 6.07) is 8.90. The lowest BCUT2D eigenvalue weighted by molar-refractivity contribution is -0.142. The zero-order valence-corrected chi connectivity index (χ0v) is 13.7. The molecule has 1 saturated heterocycles. The molecule has 1 aliphatic heterocycles. The molecule has 126 valence electrons. The summed E-state index contributed by atoms with van der Waals surface area (Å²) in [5.74, 6) is 0.109. The van der Waals surface area contributed by atoms with E-state index < -0.39 is 6.04 Å². The van der Waals surface area contributed by atoms with Gasteiger partial charge in [0.15, 0.2) is 0 Å². The van der Waals surface area contributed by atoms with Crippen LogP contribution in [0.2, 0.25) is 0 Å². The van der Waals surface area contributed by atoms with Crippen LogP contribution in [0, 0.1) is 5.92 Å². The predicted molar refractivity (Wildman–Crippen MR) is 88.6 cm³/mol. The summed E-state index contributed by atoms with van der Waals surface area (Å²) in [5.41, 5.74) is 0.843. The maximum Gasteiger partial charge on any atom is 0.247 e. The highest BCUT2D eigenvalue weighted by atomic mass is 16.3. The summed E-state index contributed by atoms with van der Waals surface area (Å²) in [7, 11) is 0. The number of rotatable bonds is 7. The minimum Gasteiger partial charge on any atom is -0.396 e. The van der Waals surface area contributed by atoms with E-state index in [9.17, 15) is 9.59 Å². The van der Waals surface area contributed by atoms with Crippen LogP contribution >= 0.6 is 0 Å². The minimum atomic E-state index is -0.565. The van der Waals surface area contributed by atoms with E-state index in [2.05, 4.69) is 5.32 Å². The number of hydrogen-bond donors (Lipinski definition) is 2. The molecular formula is C18H26N2O3. The van der Waals surface area contributed by atoms with Crippen molar-refractivity contribution in [2.24, 2.45) is 5.92 Å². The number of piperidine rings is 1. The summed E-state index contributed by atoms with van der Waals surface area (Å²) < 4.78 is 0. The molecule has 1 aromatic rings. The number of benzene rings is 1. The molecule has 0 spiro atoms. The number of nitrogens with zero attached hydrogens (tertiary/aromatic N) is 1. The fourth-order valence-corrected chi connectivity index (χ4v) is 2.90. The van der Waals surface area contributed by atoms with Crippen molar-refractivity contribution in [3.05, 3.63) is 35.9 Å². The predicted octanol–water partition coefficient (Wildman–Crippen LogP) is 1.87. The Morgan fingerprint density at radius 3 is 2.70 bits per heavy atom. The van der Waals surface area contributed by atoms with E-state index in [4.69, 9.17) is 5.11 Å². The Balaban J connectivity index is 2.13. The van der Waals surface area contributed by atoms with Crippen molar-refractivity contribution < 1.29 is 14.7 Å². The average molecular weight is 318 g/mol. The molecule has 0 bridgehead atoms. The van der Waals surface area contributed by atoms with Gasteiger partial charge in [0.05, 0.1) is 0 Å². The molecule has 1 aliphatic rings. The number of amides is 2. The number of carbonyl (C=O) groups excluding carboxylic acids is 2. The quantitative estimate of drug-likeness (QED) is 0.806. The van der Waals surface area contributed by atoms with Gasteiger partial charge in [-0.15, -0.1) is 0 Å². The number of nitrogens with one attached hydrogen (secondary N) is 1. The molecule has 1 aromatic carbocycles. The largest absolute Gasteiger partial charge is 0.396 e. The van der Waals surface area contributed by atoms with Gasteiger partial charge in [-0.3, -0.25) is 9.59 Å². The Kier molecular flexibility index (Phi) is 6.59. The van der Waals surface area contributed by atoms with Crippen LogP contribution in [-0.4, -0.2) is 41.5 Å². The SMILES string of the molecule is CC(CCO)CNC(=O)C(c1ccccc1)N1CCCCC1=O. The van der Waals surface area contributed by atoms with Gasteiger partial charge in [0, 0.05) is 26.1 Å². The first-order valence-electron chi connectivity index (χ1n) is 8.36. The molecule has 2 amide bonds. The second kappa shape index (κ2) is 8.67. The fourth-order valence-electron chi connectivity index (χ4n) is 2.90. The number of likely N-dealkylation sites (tertiary alicyclic amines) is 1. The molecule has 1 fully saturated rings. The Hall–Kier alpha value is -1.88. The number of carbonyl (C=O) groups is 2. The Bertz CT molecular complexity index is 518. The first kappa shape index (κ1) is 17.5. The van der Waals surface area contributed by atoms with Crippen LogP contribution in [0.25, 0.3) is 0 Å². The van der Waals surface area contributed by atoms with E-state index in [0.717, 1.165) is 18.4 Å². The lowest BCUT2D eigenvalue weighted by Crippen LogP contribution is -2.46. The van der Waals surface area contributed by atoms with E-state index in [0.29, 0.717) is 25.9 Å². The molecule has 2 unspecified atom stereocenters. The van der Waals surface area contributed by atoms with Gasteiger partial charge in [-0.2, -0.15) is 0 Å². The van der Waals surface area contributed by atoms with E-state index in [-0.39, 0.29) is 24.3 Å². The van der Waals surface area contributed by atoms with E-state index >= 15 is 0 Å². The standard InChI is InChI=1S/C18H26N2O3/c1-14(10-12-21)13-19-18(23)17(15-7-3-2-4-8-15)20-11-6-5-9-16(20)22/h2-4,7-8,14,17,21H,5-6,9-13H2,1H3,(H,19,23). The zero-order chi connectivity index (χ0) is 16.7. The molecule has 2 rings (SSSR count). The number of aliphatic hydroxyl groups excluding tert-OH is 1. The highest BCUT2D eigenvalue weighted by molar-refractivity contribution is 5.89. The highest BCUT2D eigenvalue weighted by Gasteiger charge is 2.32. The topological polar surface area (TPSA) is 69.6 Å². The Labute approximate surface area is 137 Å². The van der Waals surface area contributed by atoms with E-state index in [1.165, 1.54) is 0 Å². The summed E-state index contributed by atoms with van der Waals surface area (Å²) in [6.45, 7) is 3.23. The molecule has 23 heavy (non-hydrogen) atoms. The van der Waals surface area contributed by atoms with Crippen LogP contribution < -0.4 is 5.32 Å². The first-order chi connectivity index (χ1) is 11.1. The van der Waals surface area contributed by atoms with Gasteiger partial charge in [-0.05, 0) is 30.7 Å². The monoisotopic (exact) mass is 318 g/mol. The summed E-state index contributed by atoms with van der Waals surface area (Å²) in [5, 5.41) is 11.9. The highest BCUT2D eigenvalue weighted by Crippen LogP contribution is 2.25. The summed E-state index contributed by atoms with van der Waals surface area (Å²) >= 11 is 0. The lowest BCUT2D eigenvalue weighted by atomic mass is 10.00. The average Bonchev–Trinajstić information content (AvgIpc) is 2.56. The van der Waals surface area contributed by atoms with E-state index in [1.54, 1.807) is 4.90 Å². The molecule has 2 N–H and O–H groups in total. The maximum atomic E-state index is 12.7. The van der Waals surface area contributed by atoms with Crippen molar-refractivity contribution >= 4 is 11.8 Å². The molecule has 5 heteroatoms. The zero-order valence-electron chi connectivity index (χ0n) is 13.7. The molecule has 1 heterocycles. The lowest BCUT2D eigenvalue weighted by Gasteiger charge is -2.34. The second-order valence-electron chi connectivity index (χ2n) is 6.22. The van der Waals surface area contributed by atoms with Gasteiger partial charge < -0.3 is 15.3 Å². The van der Waals surface area contributed by atoms with Crippen molar-refractivity contribution in [1.29, 1.82) is 0 Å². The van der Waals surface area contributed by atoms with Crippen LogP contribution in [0.3, 0.4) is 0 Å². The number of aliphatic hydroxyl groups is 1. The molecule has 2 atom stereocenters. The third-order valence-electron chi connectivity index (χ3n) is 4.28. The van der Waals surface area contributed by atoms with Gasteiger partial charge in [-0.1, -0.05) is 37.3 Å². The van der Waals surface area contributed by atoms with E-state index in [1.807, 2.05) is 37.3 Å². The third-order valence-corrected chi connectivity index (χ3v) is 4.28. The molecule has 0 aliphatic carbocycles. The molecule has 5 nitrogen and oxygen atoms in total. The summed E-state index contributed by atoms with van der Waals surface area (Å²) in [4.78, 5) is 26.7. The normalized spacial score (nSPS) is 17.7. The van der Waals surface area contributed by atoms with Crippen LogP contribution in [-0.2, 0) is 9.59 Å². The third kappa shape index (κ3) is 4.79. The maximum absolute atomic E-state index is 12.7. The van der Waals surface area contributed by atoms with Crippen LogP contribution in [0.1, 0.15) is 44.2 Å². The minimum absolute atomic E-state index is 0.0451. The summed E-state index contributed by atoms with van der Waals surface area (Å²) in [6.07, 6.45) is 2.99. The van der Waals surface area contributed by atoms with Crippen LogP contribution in [0.15, 0.2) is 30.3 Å².